The number of para-hydroxylation sites is 1. The molecule has 0 atom stereocenters. The molecule has 7 heteroatoms. The van der Waals surface area contributed by atoms with E-state index < -0.39 is 10.0 Å². The molecule has 1 amide bonds. The normalized spacial score (nSPS) is 16.2. The number of ether oxygens (including phenoxy) is 1. The number of carbonyl (C=O) groups is 1. The minimum atomic E-state index is -3.77. The Kier molecular flexibility index (Phi) is 5.79. The maximum absolute atomic E-state index is 12.2. The fourth-order valence-corrected chi connectivity index (χ4v) is 3.76. The number of methoxy groups -OCH3 is 1. The molecule has 0 aliphatic heterocycles. The lowest BCUT2D eigenvalue weighted by molar-refractivity contribution is -0.120. The van der Waals surface area contributed by atoms with Gasteiger partial charge in [0.25, 0.3) is 0 Å². The van der Waals surface area contributed by atoms with Crippen LogP contribution in [0.2, 0.25) is 0 Å². The van der Waals surface area contributed by atoms with E-state index in [0.717, 1.165) is 25.7 Å². The number of rotatable bonds is 6. The molecule has 1 saturated carbocycles. The lowest BCUT2D eigenvalue weighted by Crippen LogP contribution is -2.42. The second-order valence-corrected chi connectivity index (χ2v) is 7.11. The van der Waals surface area contributed by atoms with E-state index in [2.05, 4.69) is 10.0 Å². The van der Waals surface area contributed by atoms with Crippen LogP contribution in [0.4, 0.5) is 0 Å². The van der Waals surface area contributed by atoms with Gasteiger partial charge < -0.3 is 10.1 Å². The van der Waals surface area contributed by atoms with Crippen LogP contribution in [0.3, 0.4) is 0 Å². The Bertz CT molecular complexity index is 610. The van der Waals surface area contributed by atoms with E-state index in [0.29, 0.717) is 0 Å². The van der Waals surface area contributed by atoms with Crippen molar-refractivity contribution in [2.75, 3.05) is 13.7 Å². The largest absolute Gasteiger partial charge is 0.495 e. The first-order valence-corrected chi connectivity index (χ1v) is 8.93. The van der Waals surface area contributed by atoms with Crippen molar-refractivity contribution < 1.29 is 17.9 Å². The summed E-state index contributed by atoms with van der Waals surface area (Å²) in [4.78, 5) is 11.9. The molecule has 0 bridgehead atoms. The molecule has 6 nitrogen and oxygen atoms in total. The van der Waals surface area contributed by atoms with Crippen molar-refractivity contribution in [2.45, 2.75) is 43.0 Å². The zero-order valence-corrected chi connectivity index (χ0v) is 13.5. The van der Waals surface area contributed by atoms with Crippen LogP contribution in [-0.2, 0) is 14.8 Å². The zero-order chi connectivity index (χ0) is 16.0. The molecule has 0 radical (unpaired) electrons. The quantitative estimate of drug-likeness (QED) is 0.828. The molecule has 1 aromatic rings. The molecule has 1 aliphatic carbocycles. The number of carbonyl (C=O) groups excluding carboxylic acids is 1. The van der Waals surface area contributed by atoms with Crippen molar-refractivity contribution >= 4 is 15.9 Å². The zero-order valence-electron chi connectivity index (χ0n) is 12.7. The second-order valence-electron chi connectivity index (χ2n) is 5.38. The van der Waals surface area contributed by atoms with Gasteiger partial charge in [-0.1, -0.05) is 31.4 Å². The average molecular weight is 326 g/mol. The predicted octanol–water partition coefficient (Wildman–Crippen LogP) is 1.42. The third kappa shape index (κ3) is 4.45. The van der Waals surface area contributed by atoms with Crippen molar-refractivity contribution in [3.63, 3.8) is 0 Å². The Morgan fingerprint density at radius 3 is 2.59 bits per heavy atom. The molecule has 0 saturated heterocycles. The number of hydrogen-bond donors (Lipinski definition) is 2. The van der Waals surface area contributed by atoms with Crippen LogP contribution in [0.5, 0.6) is 5.75 Å². The smallest absolute Gasteiger partial charge is 0.244 e. The van der Waals surface area contributed by atoms with Gasteiger partial charge in [0.05, 0.1) is 13.7 Å². The number of nitrogens with one attached hydrogen (secondary N) is 2. The van der Waals surface area contributed by atoms with Gasteiger partial charge in [0, 0.05) is 6.04 Å². The summed E-state index contributed by atoms with van der Waals surface area (Å²) in [7, 11) is -2.37. The lowest BCUT2D eigenvalue weighted by atomic mass is 9.95. The second kappa shape index (κ2) is 7.60. The Hall–Kier alpha value is -1.60. The first kappa shape index (κ1) is 16.8. The van der Waals surface area contributed by atoms with Crippen molar-refractivity contribution in [3.05, 3.63) is 24.3 Å². The Morgan fingerprint density at radius 1 is 1.23 bits per heavy atom. The van der Waals surface area contributed by atoms with Crippen LogP contribution in [0.25, 0.3) is 0 Å². The maximum atomic E-state index is 12.2. The fourth-order valence-electron chi connectivity index (χ4n) is 2.60. The summed E-state index contributed by atoms with van der Waals surface area (Å²) in [5.74, 6) is -0.0481. The van der Waals surface area contributed by atoms with Crippen molar-refractivity contribution in [1.29, 1.82) is 0 Å². The van der Waals surface area contributed by atoms with Crippen LogP contribution in [-0.4, -0.2) is 34.0 Å². The number of hydrogen-bond acceptors (Lipinski definition) is 4. The number of amides is 1. The van der Waals surface area contributed by atoms with Gasteiger partial charge in [-0.2, -0.15) is 0 Å². The summed E-state index contributed by atoms with van der Waals surface area (Å²) in [6.07, 6.45) is 5.35. The van der Waals surface area contributed by atoms with Crippen LogP contribution in [0, 0.1) is 0 Å². The van der Waals surface area contributed by atoms with E-state index in [9.17, 15) is 13.2 Å². The molecule has 122 valence electrons. The predicted molar refractivity (Wildman–Crippen MR) is 83.2 cm³/mol. The molecule has 1 fully saturated rings. The molecule has 2 rings (SSSR count). The van der Waals surface area contributed by atoms with Crippen molar-refractivity contribution in [1.82, 2.24) is 10.0 Å². The maximum Gasteiger partial charge on any atom is 0.244 e. The highest BCUT2D eigenvalue weighted by molar-refractivity contribution is 7.89. The monoisotopic (exact) mass is 326 g/mol. The first-order chi connectivity index (χ1) is 10.5. The van der Waals surface area contributed by atoms with Gasteiger partial charge in [-0.05, 0) is 25.0 Å². The minimum absolute atomic E-state index is 0.0305. The van der Waals surface area contributed by atoms with Gasteiger partial charge in [0.15, 0.2) is 0 Å². The van der Waals surface area contributed by atoms with E-state index in [1.165, 1.54) is 19.6 Å². The highest BCUT2D eigenvalue weighted by Crippen LogP contribution is 2.22. The summed E-state index contributed by atoms with van der Waals surface area (Å²) in [6, 6.07) is 6.47. The third-order valence-corrected chi connectivity index (χ3v) is 5.19. The summed E-state index contributed by atoms with van der Waals surface area (Å²) >= 11 is 0. The van der Waals surface area contributed by atoms with E-state index in [-0.39, 0.29) is 29.1 Å². The molecular weight excluding hydrogens is 304 g/mol. The first-order valence-electron chi connectivity index (χ1n) is 7.45. The van der Waals surface area contributed by atoms with Crippen molar-refractivity contribution in [2.24, 2.45) is 0 Å². The summed E-state index contributed by atoms with van der Waals surface area (Å²) in [6.45, 7) is -0.267. The van der Waals surface area contributed by atoms with Gasteiger partial charge in [-0.3, -0.25) is 4.79 Å². The molecule has 0 spiro atoms. The van der Waals surface area contributed by atoms with Gasteiger partial charge in [0.2, 0.25) is 15.9 Å². The Labute approximate surface area is 131 Å². The lowest BCUT2D eigenvalue weighted by Gasteiger charge is -2.22. The Balaban J connectivity index is 1.93. The van der Waals surface area contributed by atoms with Gasteiger partial charge in [-0.15, -0.1) is 0 Å². The standard InChI is InChI=1S/C15H22N2O4S/c1-21-13-9-5-6-10-14(13)22(19,20)16-11-15(18)17-12-7-3-2-4-8-12/h5-6,9-10,12,16H,2-4,7-8,11H2,1H3,(H,17,18). The molecule has 22 heavy (non-hydrogen) atoms. The molecule has 0 unspecified atom stereocenters. The van der Waals surface area contributed by atoms with E-state index in [1.54, 1.807) is 18.2 Å². The van der Waals surface area contributed by atoms with E-state index in [4.69, 9.17) is 4.74 Å². The number of benzene rings is 1. The van der Waals surface area contributed by atoms with E-state index >= 15 is 0 Å². The summed E-state index contributed by atoms with van der Waals surface area (Å²) in [5, 5.41) is 2.87. The average Bonchev–Trinajstić information content (AvgIpc) is 2.54. The molecule has 0 heterocycles. The molecule has 0 aromatic heterocycles. The van der Waals surface area contributed by atoms with Crippen molar-refractivity contribution in [3.8, 4) is 5.75 Å². The van der Waals surface area contributed by atoms with Gasteiger partial charge in [0.1, 0.15) is 10.6 Å². The Morgan fingerprint density at radius 2 is 1.91 bits per heavy atom. The molecule has 1 aromatic carbocycles. The summed E-state index contributed by atoms with van der Waals surface area (Å²) in [5.41, 5.74) is 0. The molecule has 1 aliphatic rings. The minimum Gasteiger partial charge on any atom is -0.495 e. The number of sulfonamides is 1. The topological polar surface area (TPSA) is 84.5 Å². The van der Waals surface area contributed by atoms with Crippen LogP contribution in [0.15, 0.2) is 29.2 Å². The van der Waals surface area contributed by atoms with E-state index in [1.807, 2.05) is 0 Å². The van der Waals surface area contributed by atoms with Gasteiger partial charge in [-0.25, -0.2) is 13.1 Å². The summed E-state index contributed by atoms with van der Waals surface area (Å²) < 4.78 is 31.8. The van der Waals surface area contributed by atoms with Gasteiger partial charge >= 0.3 is 0 Å². The molecular formula is C15H22N2O4S. The highest BCUT2D eigenvalue weighted by Gasteiger charge is 2.21. The highest BCUT2D eigenvalue weighted by atomic mass is 32.2. The fraction of sp³-hybridized carbons (Fsp3) is 0.533. The van der Waals surface area contributed by atoms with Crippen LogP contribution in [0.1, 0.15) is 32.1 Å². The van der Waals surface area contributed by atoms with Crippen LogP contribution < -0.4 is 14.8 Å². The SMILES string of the molecule is COc1ccccc1S(=O)(=O)NCC(=O)NC1CCCCC1. The third-order valence-electron chi connectivity index (χ3n) is 3.75. The van der Waals surface area contributed by atoms with Crippen LogP contribution >= 0.6 is 0 Å². The molecule has 2 N–H and O–H groups in total.